The third-order valence-electron chi connectivity index (χ3n) is 4.45. The van der Waals surface area contributed by atoms with Crippen LogP contribution in [0.1, 0.15) is 52.9 Å². The third-order valence-corrected chi connectivity index (χ3v) is 4.45. The van der Waals surface area contributed by atoms with Gasteiger partial charge in [-0.3, -0.25) is 9.69 Å². The van der Waals surface area contributed by atoms with Crippen LogP contribution in [-0.2, 0) is 9.47 Å². The molecule has 1 aliphatic heterocycles. The van der Waals surface area contributed by atoms with E-state index in [1.165, 1.54) is 7.11 Å². The monoisotopic (exact) mass is 322 g/mol. The lowest BCUT2D eigenvalue weighted by Crippen LogP contribution is -2.51. The molecule has 128 valence electrons. The lowest BCUT2D eigenvalue weighted by Gasteiger charge is -2.38. The van der Waals surface area contributed by atoms with Crippen LogP contribution < -0.4 is 0 Å². The van der Waals surface area contributed by atoms with Crippen molar-refractivity contribution in [2.24, 2.45) is 0 Å². The molecular weight excluding hydrogens is 296 g/mol. The molecule has 23 heavy (non-hydrogen) atoms. The number of carbonyl (C=O) groups is 2. The highest BCUT2D eigenvalue weighted by molar-refractivity contribution is 6.03. The molecule has 1 fully saturated rings. The van der Waals surface area contributed by atoms with Crippen molar-refractivity contribution in [1.29, 1.82) is 0 Å². The number of esters is 1. The first kappa shape index (κ1) is 17.7. The molecule has 0 radical (unpaired) electrons. The molecule has 0 saturated carbocycles. The van der Waals surface area contributed by atoms with Gasteiger partial charge in [0.1, 0.15) is 0 Å². The molecular formula is C17H26N2O4. The molecule has 2 heterocycles. The Morgan fingerprint density at radius 2 is 1.83 bits per heavy atom. The molecule has 1 aromatic heterocycles. The Kier molecular flexibility index (Phi) is 5.26. The minimum atomic E-state index is -0.420. The SMILES string of the molecule is COC(=O)c1c(C)[nH]c(C(=O)[C@H](C)N2C[C@H](C)O[C@@H](C)C2)c1C. The zero-order valence-electron chi connectivity index (χ0n) is 14.7. The summed E-state index contributed by atoms with van der Waals surface area (Å²) in [5, 5.41) is 0. The van der Waals surface area contributed by atoms with Gasteiger partial charge in [0.25, 0.3) is 0 Å². The number of hydrogen-bond donors (Lipinski definition) is 1. The number of hydrogen-bond acceptors (Lipinski definition) is 5. The lowest BCUT2D eigenvalue weighted by molar-refractivity contribution is -0.0744. The second kappa shape index (κ2) is 6.84. The van der Waals surface area contributed by atoms with E-state index in [9.17, 15) is 9.59 Å². The van der Waals surface area contributed by atoms with Crippen LogP contribution in [0.3, 0.4) is 0 Å². The van der Waals surface area contributed by atoms with Crippen molar-refractivity contribution in [3.8, 4) is 0 Å². The first-order chi connectivity index (χ1) is 10.8. The maximum Gasteiger partial charge on any atom is 0.339 e. The smallest absolute Gasteiger partial charge is 0.339 e. The summed E-state index contributed by atoms with van der Waals surface area (Å²) >= 11 is 0. The summed E-state index contributed by atoms with van der Waals surface area (Å²) in [6.07, 6.45) is 0.206. The number of ether oxygens (including phenoxy) is 2. The number of nitrogens with one attached hydrogen (secondary N) is 1. The van der Waals surface area contributed by atoms with Gasteiger partial charge in [-0.25, -0.2) is 4.79 Å². The molecule has 0 bridgehead atoms. The Morgan fingerprint density at radius 3 is 2.35 bits per heavy atom. The average Bonchev–Trinajstić information content (AvgIpc) is 2.79. The van der Waals surface area contributed by atoms with Crippen LogP contribution in [-0.4, -0.2) is 60.1 Å². The Morgan fingerprint density at radius 1 is 1.26 bits per heavy atom. The minimum absolute atomic E-state index is 0.0120. The summed E-state index contributed by atoms with van der Waals surface area (Å²) in [4.78, 5) is 30.0. The predicted octanol–water partition coefficient (Wildman–Crippen LogP) is 2.10. The molecule has 1 aromatic rings. The molecule has 6 nitrogen and oxygen atoms in total. The number of aromatic nitrogens is 1. The van der Waals surface area contributed by atoms with Crippen molar-refractivity contribution >= 4 is 11.8 Å². The molecule has 0 aliphatic carbocycles. The fourth-order valence-corrected chi connectivity index (χ4v) is 3.31. The molecule has 0 spiro atoms. The normalized spacial score (nSPS) is 23.6. The summed E-state index contributed by atoms with van der Waals surface area (Å²) in [5.74, 6) is -0.432. The van der Waals surface area contributed by atoms with Gasteiger partial charge in [-0.15, -0.1) is 0 Å². The molecule has 6 heteroatoms. The van der Waals surface area contributed by atoms with Gasteiger partial charge in [-0.1, -0.05) is 0 Å². The number of carbonyl (C=O) groups excluding carboxylic acids is 2. The Balaban J connectivity index is 2.25. The Labute approximate surface area is 137 Å². The lowest BCUT2D eigenvalue weighted by atomic mass is 10.0. The van der Waals surface area contributed by atoms with Gasteiger partial charge >= 0.3 is 5.97 Å². The highest BCUT2D eigenvalue weighted by atomic mass is 16.5. The van der Waals surface area contributed by atoms with E-state index >= 15 is 0 Å². The van der Waals surface area contributed by atoms with Gasteiger partial charge in [-0.05, 0) is 40.2 Å². The van der Waals surface area contributed by atoms with Gasteiger partial charge < -0.3 is 14.5 Å². The maximum atomic E-state index is 12.9. The van der Waals surface area contributed by atoms with E-state index in [0.717, 1.165) is 13.1 Å². The number of nitrogens with zero attached hydrogens (tertiary/aromatic N) is 1. The van der Waals surface area contributed by atoms with Gasteiger partial charge in [-0.2, -0.15) is 0 Å². The van der Waals surface area contributed by atoms with E-state index in [2.05, 4.69) is 9.88 Å². The number of rotatable bonds is 4. The zero-order valence-corrected chi connectivity index (χ0v) is 14.7. The van der Waals surface area contributed by atoms with Crippen molar-refractivity contribution in [1.82, 2.24) is 9.88 Å². The van der Waals surface area contributed by atoms with Crippen LogP contribution in [0.5, 0.6) is 0 Å². The van der Waals surface area contributed by atoms with Crippen LogP contribution >= 0.6 is 0 Å². The molecule has 0 unspecified atom stereocenters. The highest BCUT2D eigenvalue weighted by Crippen LogP contribution is 2.22. The third kappa shape index (κ3) is 3.48. The number of H-pyrrole nitrogens is 1. The van der Waals surface area contributed by atoms with Gasteiger partial charge in [0, 0.05) is 18.8 Å². The largest absolute Gasteiger partial charge is 0.465 e. The number of aryl methyl sites for hydroxylation is 1. The fourth-order valence-electron chi connectivity index (χ4n) is 3.31. The van der Waals surface area contributed by atoms with Crippen LogP contribution in [0.15, 0.2) is 0 Å². The van der Waals surface area contributed by atoms with Gasteiger partial charge in [0.2, 0.25) is 0 Å². The van der Waals surface area contributed by atoms with E-state index in [1.54, 1.807) is 13.8 Å². The van der Waals surface area contributed by atoms with E-state index in [0.29, 0.717) is 22.5 Å². The topological polar surface area (TPSA) is 71.6 Å². The molecule has 0 aromatic carbocycles. The van der Waals surface area contributed by atoms with Crippen molar-refractivity contribution in [2.75, 3.05) is 20.2 Å². The number of aromatic amines is 1. The molecule has 1 N–H and O–H groups in total. The summed E-state index contributed by atoms with van der Waals surface area (Å²) in [5.41, 5.74) is 2.25. The molecule has 3 atom stereocenters. The summed E-state index contributed by atoms with van der Waals surface area (Å²) < 4.78 is 10.5. The van der Waals surface area contributed by atoms with Crippen molar-refractivity contribution in [2.45, 2.75) is 52.9 Å². The molecule has 1 aliphatic rings. The average molecular weight is 322 g/mol. The minimum Gasteiger partial charge on any atom is -0.465 e. The quantitative estimate of drug-likeness (QED) is 0.679. The maximum absolute atomic E-state index is 12.9. The molecule has 1 saturated heterocycles. The predicted molar refractivity (Wildman–Crippen MR) is 87.0 cm³/mol. The summed E-state index contributed by atoms with van der Waals surface area (Å²) in [7, 11) is 1.34. The van der Waals surface area contributed by atoms with Crippen molar-refractivity contribution in [3.63, 3.8) is 0 Å². The highest BCUT2D eigenvalue weighted by Gasteiger charge is 2.32. The second-order valence-corrected chi connectivity index (χ2v) is 6.37. The summed E-state index contributed by atoms with van der Waals surface area (Å²) in [6, 6.07) is -0.272. The van der Waals surface area contributed by atoms with Crippen molar-refractivity contribution in [3.05, 3.63) is 22.5 Å². The number of Topliss-reactive ketones (excluding diaryl/α,β-unsaturated/α-hetero) is 1. The Bertz CT molecular complexity index is 598. The van der Waals surface area contributed by atoms with E-state index in [4.69, 9.17) is 9.47 Å². The second-order valence-electron chi connectivity index (χ2n) is 6.37. The summed E-state index contributed by atoms with van der Waals surface area (Å²) in [6.45, 7) is 10.9. The number of morpholine rings is 1. The Hall–Kier alpha value is -1.66. The zero-order chi connectivity index (χ0) is 17.3. The standard InChI is InChI=1S/C17H26N2O4/c1-9-7-19(8-10(2)23-9)13(5)16(20)15-11(3)14(12(4)18-15)17(21)22-6/h9-10,13,18H,7-8H2,1-6H3/t9-,10-,13-/m0/s1. The van der Waals surface area contributed by atoms with E-state index in [-0.39, 0.29) is 24.0 Å². The van der Waals surface area contributed by atoms with Gasteiger partial charge in [0.05, 0.1) is 36.6 Å². The van der Waals surface area contributed by atoms with E-state index in [1.807, 2.05) is 20.8 Å². The van der Waals surface area contributed by atoms with Crippen LogP contribution in [0.25, 0.3) is 0 Å². The number of ketones is 1. The van der Waals surface area contributed by atoms with Gasteiger partial charge in [0.15, 0.2) is 5.78 Å². The number of methoxy groups -OCH3 is 1. The first-order valence-corrected chi connectivity index (χ1v) is 7.97. The van der Waals surface area contributed by atoms with E-state index < -0.39 is 5.97 Å². The van der Waals surface area contributed by atoms with Crippen LogP contribution in [0.4, 0.5) is 0 Å². The fraction of sp³-hybridized carbons (Fsp3) is 0.647. The van der Waals surface area contributed by atoms with Crippen LogP contribution in [0.2, 0.25) is 0 Å². The van der Waals surface area contributed by atoms with Crippen LogP contribution in [0, 0.1) is 13.8 Å². The molecule has 0 amide bonds. The molecule has 2 rings (SSSR count). The first-order valence-electron chi connectivity index (χ1n) is 7.97. The van der Waals surface area contributed by atoms with Crippen molar-refractivity contribution < 1.29 is 19.1 Å².